The zero-order chi connectivity index (χ0) is 30.2. The molecule has 4 heteroatoms. The molecule has 45 heavy (non-hydrogen) atoms. The predicted octanol–water partition coefficient (Wildman–Crippen LogP) is 10.3. The van der Waals surface area contributed by atoms with Crippen LogP contribution in [0.15, 0.2) is 140 Å². The summed E-state index contributed by atoms with van der Waals surface area (Å²) in [6.45, 7) is 2.06. The normalized spacial score (nSPS) is 12.9. The van der Waals surface area contributed by atoms with Crippen LogP contribution in [-0.2, 0) is 0 Å². The maximum absolute atomic E-state index is 5.12. The van der Waals surface area contributed by atoms with Crippen LogP contribution in [0.2, 0.25) is 0 Å². The molecule has 0 atom stereocenters. The van der Waals surface area contributed by atoms with E-state index in [1.54, 1.807) is 0 Å². The average molecular weight is 579 g/mol. The number of nitrogens with zero attached hydrogens (tertiary/aromatic N) is 4. The molecule has 0 N–H and O–H groups in total. The number of allylic oxidation sites excluding steroid dienone is 4. The molecule has 0 amide bonds. The van der Waals surface area contributed by atoms with Crippen molar-refractivity contribution in [1.29, 1.82) is 0 Å². The topological polar surface area (TPSA) is 51.6 Å². The molecule has 4 nitrogen and oxygen atoms in total. The Morgan fingerprint density at radius 1 is 0.533 bits per heavy atom. The minimum Gasteiger partial charge on any atom is -0.251 e. The first-order valence-corrected chi connectivity index (χ1v) is 15.4. The molecule has 4 aromatic carbocycles. The molecule has 0 spiro atoms. The fourth-order valence-electron chi connectivity index (χ4n) is 6.14. The van der Waals surface area contributed by atoms with Gasteiger partial charge in [0.25, 0.3) is 0 Å². The van der Waals surface area contributed by atoms with E-state index in [4.69, 9.17) is 19.9 Å². The van der Waals surface area contributed by atoms with Crippen LogP contribution in [0.25, 0.3) is 72.3 Å². The number of aryl methyl sites for hydroxylation is 1. The van der Waals surface area contributed by atoms with Crippen LogP contribution in [-0.4, -0.2) is 19.9 Å². The Labute approximate surface area is 262 Å². The summed E-state index contributed by atoms with van der Waals surface area (Å²) >= 11 is 0. The van der Waals surface area contributed by atoms with E-state index in [0.717, 1.165) is 96.6 Å². The largest absolute Gasteiger partial charge is 0.251 e. The maximum Gasteiger partial charge on any atom is 0.156 e. The third-order valence-corrected chi connectivity index (χ3v) is 8.40. The van der Waals surface area contributed by atoms with Crippen molar-refractivity contribution in [3.63, 3.8) is 0 Å². The van der Waals surface area contributed by atoms with Crippen LogP contribution in [0, 0.1) is 6.92 Å². The standard InChI is InChI=1S/C41H30N4/c1-27-24-35(34-22-20-30-21-23-36(28-12-5-2-6-13-28)43-39(30)40(34)42-27)32-18-11-19-33(25-32)38-26-37(29-14-7-3-8-15-29)44-41(45-38)31-16-9-4-10-17-31/h2-9,11-16,18-26H,10,17H2,1H3. The van der Waals surface area contributed by atoms with E-state index in [-0.39, 0.29) is 0 Å². The summed E-state index contributed by atoms with van der Waals surface area (Å²) in [5, 5.41) is 2.16. The van der Waals surface area contributed by atoms with Crippen molar-refractivity contribution in [2.24, 2.45) is 0 Å². The highest BCUT2D eigenvalue weighted by Crippen LogP contribution is 2.36. The molecule has 0 radical (unpaired) electrons. The number of benzene rings is 4. The van der Waals surface area contributed by atoms with Crippen molar-refractivity contribution in [3.05, 3.63) is 151 Å². The van der Waals surface area contributed by atoms with Gasteiger partial charge in [-0.3, -0.25) is 4.98 Å². The summed E-state index contributed by atoms with van der Waals surface area (Å²) < 4.78 is 0. The third kappa shape index (κ3) is 5.21. The Hall–Kier alpha value is -5.74. The van der Waals surface area contributed by atoms with Gasteiger partial charge in [0.2, 0.25) is 0 Å². The monoisotopic (exact) mass is 578 g/mol. The summed E-state index contributed by atoms with van der Waals surface area (Å²) in [7, 11) is 0. The first-order chi connectivity index (χ1) is 22.2. The number of aromatic nitrogens is 4. The molecule has 0 saturated heterocycles. The van der Waals surface area contributed by atoms with Gasteiger partial charge in [0, 0.05) is 33.2 Å². The highest BCUT2D eigenvalue weighted by molar-refractivity contribution is 6.09. The quantitative estimate of drug-likeness (QED) is 0.191. The molecule has 8 rings (SSSR count). The van der Waals surface area contributed by atoms with E-state index >= 15 is 0 Å². The lowest BCUT2D eigenvalue weighted by Crippen LogP contribution is -2.00. The number of pyridine rings is 2. The molecule has 0 unspecified atom stereocenters. The van der Waals surface area contributed by atoms with Gasteiger partial charge in [-0.1, -0.05) is 115 Å². The first-order valence-electron chi connectivity index (χ1n) is 15.4. The van der Waals surface area contributed by atoms with Crippen molar-refractivity contribution in [2.45, 2.75) is 19.8 Å². The molecular weight excluding hydrogens is 548 g/mol. The summed E-state index contributed by atoms with van der Waals surface area (Å²) in [6, 6.07) is 42.2. The molecule has 1 aliphatic rings. The Kier molecular flexibility index (Phi) is 6.80. The number of rotatable bonds is 5. The number of fused-ring (bicyclic) bond motifs is 3. The van der Waals surface area contributed by atoms with Gasteiger partial charge in [-0.25, -0.2) is 15.0 Å². The second-order valence-electron chi connectivity index (χ2n) is 11.5. The Morgan fingerprint density at radius 3 is 1.98 bits per heavy atom. The zero-order valence-electron chi connectivity index (χ0n) is 25.0. The van der Waals surface area contributed by atoms with Crippen LogP contribution in [0.1, 0.15) is 24.4 Å². The van der Waals surface area contributed by atoms with Crippen LogP contribution >= 0.6 is 0 Å². The lowest BCUT2D eigenvalue weighted by molar-refractivity contribution is 1.01. The van der Waals surface area contributed by atoms with E-state index in [0.29, 0.717) is 0 Å². The predicted molar refractivity (Wildman–Crippen MR) is 185 cm³/mol. The molecule has 7 aromatic rings. The summed E-state index contributed by atoms with van der Waals surface area (Å²) in [5.74, 6) is 0.790. The fraction of sp³-hybridized carbons (Fsp3) is 0.0732. The summed E-state index contributed by atoms with van der Waals surface area (Å²) in [5.41, 5.74) is 12.2. The minimum atomic E-state index is 0.790. The van der Waals surface area contributed by atoms with Crippen LogP contribution in [0.5, 0.6) is 0 Å². The second-order valence-corrected chi connectivity index (χ2v) is 11.5. The zero-order valence-corrected chi connectivity index (χ0v) is 25.0. The molecule has 0 saturated carbocycles. The van der Waals surface area contributed by atoms with Crippen molar-refractivity contribution in [1.82, 2.24) is 19.9 Å². The van der Waals surface area contributed by atoms with Gasteiger partial charge in [0.1, 0.15) is 0 Å². The van der Waals surface area contributed by atoms with Crippen molar-refractivity contribution < 1.29 is 0 Å². The SMILES string of the molecule is Cc1cc(-c2cccc(-c3cc(-c4ccccc4)nc(C4=CC=CCC4)n3)c2)c2ccc3ccc(-c4ccccc4)nc3c2n1. The molecule has 0 bridgehead atoms. The van der Waals surface area contributed by atoms with E-state index in [1.807, 2.05) is 24.3 Å². The Bertz CT molecular complexity index is 2270. The summed E-state index contributed by atoms with van der Waals surface area (Å²) in [4.78, 5) is 20.3. The van der Waals surface area contributed by atoms with Crippen LogP contribution < -0.4 is 0 Å². The van der Waals surface area contributed by atoms with Crippen molar-refractivity contribution in [2.75, 3.05) is 0 Å². The fourth-order valence-corrected chi connectivity index (χ4v) is 6.14. The molecule has 3 aromatic heterocycles. The maximum atomic E-state index is 5.12. The Balaban J connectivity index is 1.28. The Morgan fingerprint density at radius 2 is 1.22 bits per heavy atom. The van der Waals surface area contributed by atoms with Gasteiger partial charge in [0.05, 0.1) is 28.1 Å². The van der Waals surface area contributed by atoms with Crippen LogP contribution in [0.3, 0.4) is 0 Å². The molecule has 3 heterocycles. The van der Waals surface area contributed by atoms with E-state index in [9.17, 15) is 0 Å². The van der Waals surface area contributed by atoms with Gasteiger partial charge in [-0.05, 0) is 60.7 Å². The molecule has 1 aliphatic carbocycles. The van der Waals surface area contributed by atoms with E-state index in [2.05, 4.69) is 122 Å². The third-order valence-electron chi connectivity index (χ3n) is 8.40. The van der Waals surface area contributed by atoms with E-state index < -0.39 is 0 Å². The number of hydrogen-bond donors (Lipinski definition) is 0. The lowest BCUT2D eigenvalue weighted by Gasteiger charge is -2.14. The van der Waals surface area contributed by atoms with Crippen molar-refractivity contribution in [3.8, 4) is 44.9 Å². The van der Waals surface area contributed by atoms with Gasteiger partial charge in [-0.2, -0.15) is 0 Å². The second kappa shape index (κ2) is 11.4. The summed E-state index contributed by atoms with van der Waals surface area (Å²) in [6.07, 6.45) is 8.37. The molecule has 0 fully saturated rings. The van der Waals surface area contributed by atoms with Crippen molar-refractivity contribution >= 4 is 27.4 Å². The minimum absolute atomic E-state index is 0.790. The molecule has 214 valence electrons. The van der Waals surface area contributed by atoms with Gasteiger partial charge >= 0.3 is 0 Å². The smallest absolute Gasteiger partial charge is 0.156 e. The highest BCUT2D eigenvalue weighted by atomic mass is 14.9. The first kappa shape index (κ1) is 26.9. The van der Waals surface area contributed by atoms with Crippen LogP contribution in [0.4, 0.5) is 0 Å². The average Bonchev–Trinajstić information content (AvgIpc) is 3.12. The lowest BCUT2D eigenvalue weighted by atomic mass is 9.96. The van der Waals surface area contributed by atoms with Gasteiger partial charge in [0.15, 0.2) is 5.82 Å². The van der Waals surface area contributed by atoms with Gasteiger partial charge in [-0.15, -0.1) is 0 Å². The molecular formula is C41H30N4. The molecule has 0 aliphatic heterocycles. The highest BCUT2D eigenvalue weighted by Gasteiger charge is 2.16. The number of hydrogen-bond acceptors (Lipinski definition) is 4. The van der Waals surface area contributed by atoms with E-state index in [1.165, 1.54) is 0 Å². The van der Waals surface area contributed by atoms with Gasteiger partial charge < -0.3 is 0 Å².